The van der Waals surface area contributed by atoms with Crippen molar-refractivity contribution >= 4 is 5.91 Å². The van der Waals surface area contributed by atoms with E-state index in [0.717, 1.165) is 23.5 Å². The molecule has 0 spiro atoms. The molecule has 19 heavy (non-hydrogen) atoms. The zero-order valence-corrected chi connectivity index (χ0v) is 11.4. The molecule has 0 unspecified atom stereocenters. The maximum Gasteiger partial charge on any atom is 0.224 e. The van der Waals surface area contributed by atoms with Crippen molar-refractivity contribution in [1.82, 2.24) is 4.90 Å². The van der Waals surface area contributed by atoms with Crippen LogP contribution in [0.1, 0.15) is 18.4 Å². The number of rotatable bonds is 4. The highest BCUT2D eigenvalue weighted by molar-refractivity contribution is 5.77. The maximum absolute atomic E-state index is 11.9. The van der Waals surface area contributed by atoms with Gasteiger partial charge in [-0.1, -0.05) is 0 Å². The topological polar surface area (TPSA) is 64.8 Å². The average Bonchev–Trinajstić information content (AvgIpc) is 2.42. The van der Waals surface area contributed by atoms with Crippen LogP contribution in [0, 0.1) is 0 Å². The van der Waals surface area contributed by atoms with E-state index in [9.17, 15) is 4.79 Å². The summed E-state index contributed by atoms with van der Waals surface area (Å²) in [4.78, 5) is 13.7. The Morgan fingerprint density at radius 3 is 2.79 bits per heavy atom. The van der Waals surface area contributed by atoms with Gasteiger partial charge in [-0.25, -0.2) is 0 Å². The predicted molar refractivity (Wildman–Crippen MR) is 72.2 cm³/mol. The minimum atomic E-state index is 0.00140. The summed E-state index contributed by atoms with van der Waals surface area (Å²) < 4.78 is 10.5. The number of likely N-dealkylation sites (tertiary alicyclic amines) is 1. The van der Waals surface area contributed by atoms with Gasteiger partial charge in [0.2, 0.25) is 5.91 Å². The zero-order valence-electron chi connectivity index (χ0n) is 11.4. The molecular weight excluding hydrogens is 244 g/mol. The number of benzene rings is 1. The molecule has 5 heteroatoms. The number of carbonyl (C=O) groups excluding carboxylic acids is 1. The number of amides is 1. The summed E-state index contributed by atoms with van der Waals surface area (Å²) >= 11 is 0. The summed E-state index contributed by atoms with van der Waals surface area (Å²) in [7, 11) is 3.23. The maximum atomic E-state index is 11.9. The molecule has 0 saturated carbocycles. The Kier molecular flexibility index (Phi) is 4.27. The van der Waals surface area contributed by atoms with Crippen LogP contribution >= 0.6 is 0 Å². The number of methoxy groups -OCH3 is 2. The van der Waals surface area contributed by atoms with E-state index >= 15 is 0 Å². The minimum absolute atomic E-state index is 0.00140. The summed E-state index contributed by atoms with van der Waals surface area (Å²) in [6, 6.07) is 5.63. The van der Waals surface area contributed by atoms with Crippen molar-refractivity contribution in [3.05, 3.63) is 23.8 Å². The lowest BCUT2D eigenvalue weighted by Crippen LogP contribution is -2.43. The molecule has 1 aliphatic rings. The van der Waals surface area contributed by atoms with Gasteiger partial charge in [0, 0.05) is 37.2 Å². The molecule has 1 atom stereocenters. The van der Waals surface area contributed by atoms with Gasteiger partial charge in [-0.05, 0) is 18.6 Å². The Bertz CT molecular complexity index is 462. The van der Waals surface area contributed by atoms with Crippen molar-refractivity contribution in [3.63, 3.8) is 0 Å². The first kappa shape index (κ1) is 13.7. The molecule has 1 heterocycles. The van der Waals surface area contributed by atoms with Gasteiger partial charge in [0.15, 0.2) is 0 Å². The van der Waals surface area contributed by atoms with Crippen molar-refractivity contribution in [2.45, 2.75) is 25.4 Å². The number of piperidine rings is 1. The van der Waals surface area contributed by atoms with E-state index in [1.54, 1.807) is 14.2 Å². The van der Waals surface area contributed by atoms with E-state index in [4.69, 9.17) is 15.2 Å². The number of carbonyl (C=O) groups is 1. The molecule has 0 aliphatic carbocycles. The van der Waals surface area contributed by atoms with Gasteiger partial charge in [0.05, 0.1) is 14.2 Å². The quantitative estimate of drug-likeness (QED) is 0.886. The first-order valence-corrected chi connectivity index (χ1v) is 6.38. The van der Waals surface area contributed by atoms with Crippen LogP contribution in [0.15, 0.2) is 18.2 Å². The van der Waals surface area contributed by atoms with Crippen LogP contribution in [-0.2, 0) is 11.3 Å². The fraction of sp³-hybridized carbons (Fsp3) is 0.500. The third-order valence-corrected chi connectivity index (χ3v) is 3.41. The van der Waals surface area contributed by atoms with E-state index in [2.05, 4.69) is 0 Å². The molecule has 2 rings (SSSR count). The monoisotopic (exact) mass is 264 g/mol. The molecule has 1 fully saturated rings. The standard InChI is InChI=1S/C14H20N2O3/c1-18-12-4-3-10(13(8-12)19-2)9-16-6-5-11(15)7-14(16)17/h3-4,8,11H,5-7,9,15H2,1-2H3/t11-/m0/s1. The van der Waals surface area contributed by atoms with Crippen molar-refractivity contribution in [3.8, 4) is 11.5 Å². The second-order valence-corrected chi connectivity index (χ2v) is 4.75. The third kappa shape index (κ3) is 3.17. The molecule has 1 aliphatic heterocycles. The van der Waals surface area contributed by atoms with Crippen LogP contribution in [0.4, 0.5) is 0 Å². The SMILES string of the molecule is COc1ccc(CN2CC[C@H](N)CC2=O)c(OC)c1. The van der Waals surface area contributed by atoms with Crippen LogP contribution in [-0.4, -0.2) is 37.6 Å². The highest BCUT2D eigenvalue weighted by Gasteiger charge is 2.24. The number of ether oxygens (including phenoxy) is 2. The second kappa shape index (κ2) is 5.93. The van der Waals surface area contributed by atoms with Crippen molar-refractivity contribution in [2.24, 2.45) is 5.73 Å². The molecule has 1 amide bonds. The number of hydrogen-bond acceptors (Lipinski definition) is 4. The summed E-state index contributed by atoms with van der Waals surface area (Å²) in [5.41, 5.74) is 6.76. The predicted octanol–water partition coefficient (Wildman–Crippen LogP) is 1.15. The largest absolute Gasteiger partial charge is 0.497 e. The first-order valence-electron chi connectivity index (χ1n) is 6.38. The highest BCUT2D eigenvalue weighted by Crippen LogP contribution is 2.26. The van der Waals surface area contributed by atoms with Gasteiger partial charge in [0.1, 0.15) is 11.5 Å². The fourth-order valence-corrected chi connectivity index (χ4v) is 2.26. The average molecular weight is 264 g/mol. The van der Waals surface area contributed by atoms with E-state index in [-0.39, 0.29) is 11.9 Å². The minimum Gasteiger partial charge on any atom is -0.497 e. The first-order chi connectivity index (χ1) is 9.13. The van der Waals surface area contributed by atoms with Gasteiger partial charge < -0.3 is 20.1 Å². The summed E-state index contributed by atoms with van der Waals surface area (Å²) in [6.07, 6.45) is 1.28. The van der Waals surface area contributed by atoms with Gasteiger partial charge >= 0.3 is 0 Å². The molecule has 0 aromatic heterocycles. The Labute approximate surface area is 113 Å². The van der Waals surface area contributed by atoms with Gasteiger partial charge in [-0.2, -0.15) is 0 Å². The molecule has 1 aromatic rings. The van der Waals surface area contributed by atoms with Crippen LogP contribution in [0.2, 0.25) is 0 Å². The Morgan fingerprint density at radius 2 is 2.16 bits per heavy atom. The zero-order chi connectivity index (χ0) is 13.8. The highest BCUT2D eigenvalue weighted by atomic mass is 16.5. The van der Waals surface area contributed by atoms with Crippen LogP contribution in [0.3, 0.4) is 0 Å². The molecule has 0 bridgehead atoms. The van der Waals surface area contributed by atoms with Gasteiger partial charge in [-0.15, -0.1) is 0 Å². The van der Waals surface area contributed by atoms with Crippen LogP contribution in [0.25, 0.3) is 0 Å². The summed E-state index contributed by atoms with van der Waals surface area (Å²) in [6.45, 7) is 1.26. The van der Waals surface area contributed by atoms with E-state index in [1.807, 2.05) is 23.1 Å². The molecule has 1 saturated heterocycles. The number of nitrogens with zero attached hydrogens (tertiary/aromatic N) is 1. The number of nitrogens with two attached hydrogens (primary N) is 1. The fourth-order valence-electron chi connectivity index (χ4n) is 2.26. The molecule has 5 nitrogen and oxygen atoms in total. The molecule has 0 radical (unpaired) electrons. The Hall–Kier alpha value is -1.75. The lowest BCUT2D eigenvalue weighted by molar-refractivity contribution is -0.134. The van der Waals surface area contributed by atoms with Gasteiger partial charge in [-0.3, -0.25) is 4.79 Å². The second-order valence-electron chi connectivity index (χ2n) is 4.75. The molecule has 2 N–H and O–H groups in total. The Balaban J connectivity index is 2.12. The third-order valence-electron chi connectivity index (χ3n) is 3.41. The molecular formula is C14H20N2O3. The van der Waals surface area contributed by atoms with Crippen molar-refractivity contribution in [1.29, 1.82) is 0 Å². The van der Waals surface area contributed by atoms with Crippen molar-refractivity contribution in [2.75, 3.05) is 20.8 Å². The van der Waals surface area contributed by atoms with Crippen LogP contribution < -0.4 is 15.2 Å². The lowest BCUT2D eigenvalue weighted by Gasteiger charge is -2.30. The smallest absolute Gasteiger partial charge is 0.224 e. The Morgan fingerprint density at radius 1 is 1.37 bits per heavy atom. The molecule has 1 aromatic carbocycles. The lowest BCUT2D eigenvalue weighted by atomic mass is 10.0. The van der Waals surface area contributed by atoms with Crippen LogP contribution in [0.5, 0.6) is 11.5 Å². The summed E-state index contributed by atoms with van der Waals surface area (Å²) in [5.74, 6) is 1.59. The molecule has 104 valence electrons. The van der Waals surface area contributed by atoms with E-state index in [1.165, 1.54) is 0 Å². The number of hydrogen-bond donors (Lipinski definition) is 1. The van der Waals surface area contributed by atoms with E-state index in [0.29, 0.717) is 19.5 Å². The normalized spacial score (nSPS) is 19.4. The van der Waals surface area contributed by atoms with Crippen molar-refractivity contribution < 1.29 is 14.3 Å². The summed E-state index contributed by atoms with van der Waals surface area (Å²) in [5, 5.41) is 0. The van der Waals surface area contributed by atoms with E-state index < -0.39 is 0 Å². The van der Waals surface area contributed by atoms with Gasteiger partial charge in [0.25, 0.3) is 0 Å².